The van der Waals surface area contributed by atoms with Crippen LogP contribution in [0, 0.1) is 6.92 Å². The van der Waals surface area contributed by atoms with E-state index in [-0.39, 0.29) is 0 Å². The summed E-state index contributed by atoms with van der Waals surface area (Å²) in [6.07, 6.45) is 0.725. The van der Waals surface area contributed by atoms with Crippen molar-refractivity contribution in [1.29, 1.82) is 0 Å². The highest BCUT2D eigenvalue weighted by atomic mass is 35.5. The van der Waals surface area contributed by atoms with Gasteiger partial charge in [0.2, 0.25) is 11.8 Å². The molecule has 1 heterocycles. The second-order valence-electron chi connectivity index (χ2n) is 3.87. The molecule has 0 atom stereocenters. The van der Waals surface area contributed by atoms with Crippen LogP contribution in [-0.4, -0.2) is 23.8 Å². The third kappa shape index (κ3) is 3.05. The third-order valence-corrected chi connectivity index (χ3v) is 2.56. The number of rotatable bonds is 4. The Labute approximate surface area is 105 Å². The van der Waals surface area contributed by atoms with Gasteiger partial charge in [-0.25, -0.2) is 0 Å². The standard InChI is InChI=1S/C12H14ClN3O/c1-8-5-9(7-10(13)6-8)12-16-15-11(17-12)3-4-14-2/h5-7,14H,3-4H2,1-2H3. The highest BCUT2D eigenvalue weighted by Crippen LogP contribution is 2.23. The van der Waals surface area contributed by atoms with E-state index in [1.807, 2.05) is 32.2 Å². The summed E-state index contributed by atoms with van der Waals surface area (Å²) >= 11 is 5.99. The zero-order chi connectivity index (χ0) is 12.3. The minimum absolute atomic E-state index is 0.515. The van der Waals surface area contributed by atoms with Gasteiger partial charge < -0.3 is 9.73 Å². The lowest BCUT2D eigenvalue weighted by Gasteiger charge is -1.98. The summed E-state index contributed by atoms with van der Waals surface area (Å²) < 4.78 is 5.56. The van der Waals surface area contributed by atoms with Gasteiger partial charge in [0.1, 0.15) is 0 Å². The van der Waals surface area contributed by atoms with Gasteiger partial charge in [0.25, 0.3) is 0 Å². The fourth-order valence-corrected chi connectivity index (χ4v) is 1.85. The van der Waals surface area contributed by atoms with Gasteiger partial charge >= 0.3 is 0 Å². The number of aromatic nitrogens is 2. The number of aryl methyl sites for hydroxylation is 1. The lowest BCUT2D eigenvalue weighted by Crippen LogP contribution is -2.10. The molecule has 1 N–H and O–H groups in total. The SMILES string of the molecule is CNCCc1nnc(-c2cc(C)cc(Cl)c2)o1. The van der Waals surface area contributed by atoms with Crippen LogP contribution in [0.1, 0.15) is 11.5 Å². The maximum Gasteiger partial charge on any atom is 0.247 e. The second kappa shape index (κ2) is 5.29. The zero-order valence-electron chi connectivity index (χ0n) is 9.83. The van der Waals surface area contributed by atoms with Crippen molar-refractivity contribution < 1.29 is 4.42 Å². The highest BCUT2D eigenvalue weighted by molar-refractivity contribution is 6.30. The van der Waals surface area contributed by atoms with Crippen LogP contribution in [0.5, 0.6) is 0 Å². The molecule has 0 amide bonds. The molecular formula is C12H14ClN3O. The fourth-order valence-electron chi connectivity index (χ4n) is 1.56. The van der Waals surface area contributed by atoms with E-state index in [9.17, 15) is 0 Å². The Bertz CT molecular complexity index is 490. The van der Waals surface area contributed by atoms with Crippen molar-refractivity contribution >= 4 is 11.6 Å². The predicted octanol–water partition coefficient (Wildman–Crippen LogP) is 2.46. The topological polar surface area (TPSA) is 51.0 Å². The van der Waals surface area contributed by atoms with Gasteiger partial charge in [-0.1, -0.05) is 11.6 Å². The summed E-state index contributed by atoms with van der Waals surface area (Å²) in [5, 5.41) is 11.7. The van der Waals surface area contributed by atoms with Crippen LogP contribution in [0.25, 0.3) is 11.5 Å². The number of nitrogens with zero attached hydrogens (tertiary/aromatic N) is 2. The Hall–Kier alpha value is -1.39. The zero-order valence-corrected chi connectivity index (χ0v) is 10.6. The molecule has 5 heteroatoms. The highest BCUT2D eigenvalue weighted by Gasteiger charge is 2.09. The van der Waals surface area contributed by atoms with E-state index >= 15 is 0 Å². The van der Waals surface area contributed by atoms with Crippen molar-refractivity contribution in [3.63, 3.8) is 0 Å². The van der Waals surface area contributed by atoms with E-state index in [0.717, 1.165) is 24.1 Å². The molecule has 2 aromatic rings. The summed E-state index contributed by atoms with van der Waals surface area (Å²) in [6.45, 7) is 2.80. The minimum atomic E-state index is 0.515. The van der Waals surface area contributed by atoms with Crippen LogP contribution in [0.3, 0.4) is 0 Å². The van der Waals surface area contributed by atoms with Gasteiger partial charge in [-0.2, -0.15) is 0 Å². The van der Waals surface area contributed by atoms with Crippen LogP contribution in [0.4, 0.5) is 0 Å². The minimum Gasteiger partial charge on any atom is -0.421 e. The normalized spacial score (nSPS) is 10.8. The van der Waals surface area contributed by atoms with Crippen LogP contribution in [0.2, 0.25) is 5.02 Å². The number of hydrogen-bond acceptors (Lipinski definition) is 4. The van der Waals surface area contributed by atoms with Crippen molar-refractivity contribution in [2.24, 2.45) is 0 Å². The van der Waals surface area contributed by atoms with Gasteiger partial charge in [0.15, 0.2) is 0 Å². The van der Waals surface area contributed by atoms with Crippen molar-refractivity contribution in [3.8, 4) is 11.5 Å². The van der Waals surface area contributed by atoms with Crippen LogP contribution in [0.15, 0.2) is 22.6 Å². The molecule has 0 bridgehead atoms. The molecule has 0 aliphatic heterocycles. The average Bonchev–Trinajstić information content (AvgIpc) is 2.73. The Morgan fingerprint density at radius 2 is 2.12 bits per heavy atom. The largest absolute Gasteiger partial charge is 0.421 e. The Morgan fingerprint density at radius 1 is 1.29 bits per heavy atom. The molecule has 0 radical (unpaired) electrons. The van der Waals surface area contributed by atoms with E-state index in [1.165, 1.54) is 0 Å². The van der Waals surface area contributed by atoms with E-state index in [0.29, 0.717) is 16.8 Å². The molecule has 0 fully saturated rings. The first-order chi connectivity index (χ1) is 8.19. The van der Waals surface area contributed by atoms with Gasteiger partial charge in [0, 0.05) is 23.6 Å². The third-order valence-electron chi connectivity index (χ3n) is 2.34. The lowest BCUT2D eigenvalue weighted by molar-refractivity contribution is 0.500. The summed E-state index contributed by atoms with van der Waals surface area (Å²) in [5.74, 6) is 1.15. The van der Waals surface area contributed by atoms with E-state index < -0.39 is 0 Å². The first kappa shape index (κ1) is 12.1. The Balaban J connectivity index is 2.24. The fraction of sp³-hybridized carbons (Fsp3) is 0.333. The number of halogens is 1. The smallest absolute Gasteiger partial charge is 0.247 e. The van der Waals surface area contributed by atoms with E-state index in [1.54, 1.807) is 0 Å². The van der Waals surface area contributed by atoms with Crippen LogP contribution >= 0.6 is 11.6 Å². The summed E-state index contributed by atoms with van der Waals surface area (Å²) in [4.78, 5) is 0. The van der Waals surface area contributed by atoms with Crippen molar-refractivity contribution in [1.82, 2.24) is 15.5 Å². The molecule has 1 aromatic heterocycles. The molecule has 0 unspecified atom stereocenters. The van der Waals surface area contributed by atoms with Crippen molar-refractivity contribution in [3.05, 3.63) is 34.7 Å². The molecule has 1 aromatic carbocycles. The number of nitrogens with one attached hydrogen (secondary N) is 1. The molecule has 0 saturated heterocycles. The van der Waals surface area contributed by atoms with Gasteiger partial charge in [-0.15, -0.1) is 10.2 Å². The van der Waals surface area contributed by atoms with Gasteiger partial charge in [-0.05, 0) is 37.7 Å². The molecule has 17 heavy (non-hydrogen) atoms. The molecule has 0 spiro atoms. The molecule has 90 valence electrons. The van der Waals surface area contributed by atoms with Crippen LogP contribution < -0.4 is 5.32 Å². The summed E-state index contributed by atoms with van der Waals surface area (Å²) in [7, 11) is 1.89. The first-order valence-corrected chi connectivity index (χ1v) is 5.81. The van der Waals surface area contributed by atoms with E-state index in [4.69, 9.17) is 16.0 Å². The average molecular weight is 252 g/mol. The molecule has 0 aliphatic carbocycles. The molecule has 4 nitrogen and oxygen atoms in total. The van der Waals surface area contributed by atoms with Crippen molar-refractivity contribution in [2.75, 3.05) is 13.6 Å². The summed E-state index contributed by atoms with van der Waals surface area (Å²) in [5.41, 5.74) is 1.93. The Morgan fingerprint density at radius 3 is 2.82 bits per heavy atom. The Kier molecular flexibility index (Phi) is 3.76. The van der Waals surface area contributed by atoms with Gasteiger partial charge in [0.05, 0.1) is 0 Å². The van der Waals surface area contributed by atoms with E-state index in [2.05, 4.69) is 15.5 Å². The van der Waals surface area contributed by atoms with Crippen molar-refractivity contribution in [2.45, 2.75) is 13.3 Å². The number of benzene rings is 1. The monoisotopic (exact) mass is 251 g/mol. The van der Waals surface area contributed by atoms with Gasteiger partial charge in [-0.3, -0.25) is 0 Å². The molecule has 2 rings (SSSR count). The number of hydrogen-bond donors (Lipinski definition) is 1. The maximum atomic E-state index is 5.99. The summed E-state index contributed by atoms with van der Waals surface area (Å²) in [6, 6.07) is 5.69. The molecule has 0 saturated carbocycles. The molecular weight excluding hydrogens is 238 g/mol. The first-order valence-electron chi connectivity index (χ1n) is 5.43. The predicted molar refractivity (Wildman–Crippen MR) is 67.1 cm³/mol. The number of likely N-dealkylation sites (N-methyl/N-ethyl adjacent to an activating group) is 1. The lowest BCUT2D eigenvalue weighted by atomic mass is 10.1. The quantitative estimate of drug-likeness (QED) is 0.907. The maximum absolute atomic E-state index is 5.99. The second-order valence-corrected chi connectivity index (χ2v) is 4.31. The molecule has 0 aliphatic rings. The van der Waals surface area contributed by atoms with Crippen LogP contribution in [-0.2, 0) is 6.42 Å².